The maximum atomic E-state index is 4.30. The van der Waals surface area contributed by atoms with Crippen LogP contribution in [0.3, 0.4) is 0 Å². The monoisotopic (exact) mass is 235 g/mol. The Kier molecular flexibility index (Phi) is 3.74. The van der Waals surface area contributed by atoms with Gasteiger partial charge in [0.1, 0.15) is 5.82 Å². The first-order valence-electron chi connectivity index (χ1n) is 5.50. The number of thiophene rings is 1. The fourth-order valence-electron chi connectivity index (χ4n) is 1.68. The van der Waals surface area contributed by atoms with Gasteiger partial charge in [-0.3, -0.25) is 0 Å². The van der Waals surface area contributed by atoms with Crippen molar-refractivity contribution in [2.45, 2.75) is 19.4 Å². The van der Waals surface area contributed by atoms with Crippen LogP contribution in [0, 0.1) is 0 Å². The van der Waals surface area contributed by atoms with E-state index in [4.69, 9.17) is 0 Å². The Morgan fingerprint density at radius 3 is 3.06 bits per heavy atom. The van der Waals surface area contributed by atoms with Crippen molar-refractivity contribution in [3.63, 3.8) is 0 Å². The van der Waals surface area contributed by atoms with E-state index in [-0.39, 0.29) is 0 Å². The van der Waals surface area contributed by atoms with Gasteiger partial charge in [0, 0.05) is 43.3 Å². The molecule has 2 heterocycles. The average Bonchev–Trinajstić information content (AvgIpc) is 2.90. The number of rotatable bonds is 5. The van der Waals surface area contributed by atoms with Crippen molar-refractivity contribution in [1.82, 2.24) is 14.9 Å². The molecule has 0 fully saturated rings. The molecule has 0 aliphatic carbocycles. The summed E-state index contributed by atoms with van der Waals surface area (Å²) in [5.41, 5.74) is 0. The fraction of sp³-hybridized carbons (Fsp3) is 0.417. The van der Waals surface area contributed by atoms with Gasteiger partial charge in [0.15, 0.2) is 0 Å². The minimum Gasteiger partial charge on any atom is -0.338 e. The molecule has 0 amide bonds. The minimum atomic E-state index is 0.431. The highest BCUT2D eigenvalue weighted by Gasteiger charge is 2.05. The van der Waals surface area contributed by atoms with E-state index >= 15 is 0 Å². The molecule has 4 heteroatoms. The van der Waals surface area contributed by atoms with Crippen LogP contribution in [0.15, 0.2) is 29.9 Å². The third-order valence-electron chi connectivity index (χ3n) is 2.69. The van der Waals surface area contributed by atoms with Crippen molar-refractivity contribution in [3.05, 3.63) is 40.6 Å². The first-order valence-corrected chi connectivity index (χ1v) is 6.38. The molecule has 0 radical (unpaired) electrons. The second-order valence-electron chi connectivity index (χ2n) is 3.90. The average molecular weight is 235 g/mol. The molecular formula is C12H17N3S. The van der Waals surface area contributed by atoms with Crippen molar-refractivity contribution in [1.29, 1.82) is 0 Å². The highest BCUT2D eigenvalue weighted by atomic mass is 32.1. The van der Waals surface area contributed by atoms with Crippen LogP contribution in [-0.4, -0.2) is 16.1 Å². The lowest BCUT2D eigenvalue weighted by atomic mass is 10.2. The van der Waals surface area contributed by atoms with Gasteiger partial charge in [0.05, 0.1) is 0 Å². The Labute approximate surface area is 100 Å². The normalized spacial score (nSPS) is 12.9. The van der Waals surface area contributed by atoms with E-state index in [0.717, 1.165) is 18.8 Å². The summed E-state index contributed by atoms with van der Waals surface area (Å²) >= 11 is 1.80. The van der Waals surface area contributed by atoms with Gasteiger partial charge in [-0.25, -0.2) is 4.98 Å². The lowest BCUT2D eigenvalue weighted by Crippen LogP contribution is -2.21. The highest BCUT2D eigenvalue weighted by Crippen LogP contribution is 2.17. The van der Waals surface area contributed by atoms with Crippen LogP contribution in [0.4, 0.5) is 0 Å². The Morgan fingerprint density at radius 1 is 1.56 bits per heavy atom. The Hall–Kier alpha value is -1.13. The van der Waals surface area contributed by atoms with Crippen molar-refractivity contribution >= 4 is 11.3 Å². The fourth-order valence-corrected chi connectivity index (χ4v) is 2.43. The van der Waals surface area contributed by atoms with E-state index in [9.17, 15) is 0 Å². The van der Waals surface area contributed by atoms with E-state index in [0.29, 0.717) is 6.04 Å². The quantitative estimate of drug-likeness (QED) is 0.862. The van der Waals surface area contributed by atoms with Crippen LogP contribution in [0.5, 0.6) is 0 Å². The molecule has 1 atom stereocenters. The Balaban J connectivity index is 1.78. The molecule has 0 aliphatic heterocycles. The summed E-state index contributed by atoms with van der Waals surface area (Å²) in [5, 5.41) is 5.62. The molecule has 0 aliphatic rings. The molecule has 1 N–H and O–H groups in total. The molecule has 3 nitrogen and oxygen atoms in total. The van der Waals surface area contributed by atoms with E-state index in [1.54, 1.807) is 11.3 Å². The largest absolute Gasteiger partial charge is 0.338 e. The van der Waals surface area contributed by atoms with Crippen molar-refractivity contribution in [2.24, 2.45) is 7.05 Å². The van der Waals surface area contributed by atoms with Crippen molar-refractivity contribution in [2.75, 3.05) is 6.54 Å². The number of aryl methyl sites for hydroxylation is 1. The van der Waals surface area contributed by atoms with Crippen LogP contribution in [0.25, 0.3) is 0 Å². The standard InChI is InChI=1S/C12H17N3S/c1-10(11-4-3-9-16-11)13-6-5-12-14-7-8-15(12)2/h3-4,7-10,13H,5-6H2,1-2H3/t10-/m0/s1. The molecule has 0 aromatic carbocycles. The molecule has 0 saturated carbocycles. The molecule has 0 bridgehead atoms. The Morgan fingerprint density at radius 2 is 2.44 bits per heavy atom. The second kappa shape index (κ2) is 5.27. The maximum absolute atomic E-state index is 4.30. The summed E-state index contributed by atoms with van der Waals surface area (Å²) in [6.45, 7) is 3.16. The summed E-state index contributed by atoms with van der Waals surface area (Å²) in [6.07, 6.45) is 4.80. The number of nitrogens with one attached hydrogen (secondary N) is 1. The summed E-state index contributed by atoms with van der Waals surface area (Å²) in [4.78, 5) is 5.69. The zero-order valence-electron chi connectivity index (χ0n) is 9.68. The number of hydrogen-bond donors (Lipinski definition) is 1. The molecule has 86 valence electrons. The zero-order chi connectivity index (χ0) is 11.4. The van der Waals surface area contributed by atoms with Crippen LogP contribution in [0.2, 0.25) is 0 Å². The summed E-state index contributed by atoms with van der Waals surface area (Å²) in [6, 6.07) is 4.69. The van der Waals surface area contributed by atoms with Gasteiger partial charge in [0.25, 0.3) is 0 Å². The molecule has 0 unspecified atom stereocenters. The van der Waals surface area contributed by atoms with Gasteiger partial charge in [-0.15, -0.1) is 11.3 Å². The molecule has 2 aromatic rings. The van der Waals surface area contributed by atoms with Gasteiger partial charge >= 0.3 is 0 Å². The van der Waals surface area contributed by atoms with E-state index < -0.39 is 0 Å². The van der Waals surface area contributed by atoms with Crippen LogP contribution in [-0.2, 0) is 13.5 Å². The second-order valence-corrected chi connectivity index (χ2v) is 4.87. The van der Waals surface area contributed by atoms with Crippen LogP contribution in [0.1, 0.15) is 23.7 Å². The summed E-state index contributed by atoms with van der Waals surface area (Å²) in [7, 11) is 2.03. The van der Waals surface area contributed by atoms with Gasteiger partial charge in [-0.2, -0.15) is 0 Å². The lowest BCUT2D eigenvalue weighted by molar-refractivity contribution is 0.572. The predicted molar refractivity (Wildman–Crippen MR) is 67.6 cm³/mol. The lowest BCUT2D eigenvalue weighted by Gasteiger charge is -2.11. The van der Waals surface area contributed by atoms with E-state index in [1.165, 1.54) is 4.88 Å². The first-order chi connectivity index (χ1) is 7.77. The van der Waals surface area contributed by atoms with Crippen LogP contribution < -0.4 is 5.32 Å². The van der Waals surface area contributed by atoms with E-state index in [2.05, 4.69) is 39.3 Å². The number of aromatic nitrogens is 2. The molecule has 16 heavy (non-hydrogen) atoms. The molecule has 0 saturated heterocycles. The molecular weight excluding hydrogens is 218 g/mol. The molecule has 2 aromatic heterocycles. The molecule has 2 rings (SSSR count). The van der Waals surface area contributed by atoms with E-state index in [1.807, 2.05) is 19.4 Å². The van der Waals surface area contributed by atoms with Gasteiger partial charge in [-0.1, -0.05) is 6.07 Å². The van der Waals surface area contributed by atoms with Crippen molar-refractivity contribution < 1.29 is 0 Å². The Bertz CT molecular complexity index is 419. The smallest absolute Gasteiger partial charge is 0.109 e. The van der Waals surface area contributed by atoms with Gasteiger partial charge in [0.2, 0.25) is 0 Å². The van der Waals surface area contributed by atoms with Gasteiger partial charge in [-0.05, 0) is 18.4 Å². The summed E-state index contributed by atoms with van der Waals surface area (Å²) < 4.78 is 2.07. The number of imidazole rings is 1. The predicted octanol–water partition coefficient (Wildman–Crippen LogP) is 2.37. The molecule has 0 spiro atoms. The zero-order valence-corrected chi connectivity index (χ0v) is 10.5. The number of nitrogens with zero attached hydrogens (tertiary/aromatic N) is 2. The third-order valence-corrected chi connectivity index (χ3v) is 3.75. The SMILES string of the molecule is C[C@H](NCCc1nccn1C)c1cccs1. The third kappa shape index (κ3) is 2.71. The summed E-state index contributed by atoms with van der Waals surface area (Å²) in [5.74, 6) is 1.13. The van der Waals surface area contributed by atoms with Crippen LogP contribution >= 0.6 is 11.3 Å². The number of hydrogen-bond acceptors (Lipinski definition) is 3. The van der Waals surface area contributed by atoms with Gasteiger partial charge < -0.3 is 9.88 Å². The first kappa shape index (κ1) is 11.4. The maximum Gasteiger partial charge on any atom is 0.109 e. The highest BCUT2D eigenvalue weighted by molar-refractivity contribution is 7.10. The topological polar surface area (TPSA) is 29.9 Å². The minimum absolute atomic E-state index is 0.431. The van der Waals surface area contributed by atoms with Crippen molar-refractivity contribution in [3.8, 4) is 0 Å².